The second-order valence-corrected chi connectivity index (χ2v) is 4.49. The first-order valence-electron chi connectivity index (χ1n) is 2.43. The number of hydrogen-bond acceptors (Lipinski definition) is 1. The summed E-state index contributed by atoms with van der Waals surface area (Å²) in [7, 11) is 1.50. The molecular formula is C5H9Cl3O. The molecule has 0 amide bonds. The molecule has 0 aromatic heterocycles. The predicted octanol–water partition coefficient (Wildman–Crippen LogP) is 2.78. The molecule has 0 bridgehead atoms. The Morgan fingerprint density at radius 3 is 1.44 bits per heavy atom. The molecule has 0 aliphatic heterocycles. The maximum absolute atomic E-state index is 5.53. The molecule has 0 N–H and O–H groups in total. The number of methoxy groups -OCH3 is 1. The smallest absolute Gasteiger partial charge is 0.218 e. The summed E-state index contributed by atoms with van der Waals surface area (Å²) in [5, 5.41) is 0. The molecule has 9 heavy (non-hydrogen) atoms. The fourth-order valence-corrected chi connectivity index (χ4v) is 0.347. The molecule has 0 spiro atoms. The van der Waals surface area contributed by atoms with Gasteiger partial charge >= 0.3 is 0 Å². The van der Waals surface area contributed by atoms with E-state index in [1.165, 1.54) is 7.11 Å². The average molecular weight is 191 g/mol. The second kappa shape index (κ2) is 2.83. The van der Waals surface area contributed by atoms with Gasteiger partial charge in [-0.1, -0.05) is 34.8 Å². The molecule has 0 aliphatic rings. The maximum atomic E-state index is 5.53. The van der Waals surface area contributed by atoms with Gasteiger partial charge in [-0.3, -0.25) is 0 Å². The van der Waals surface area contributed by atoms with Crippen LogP contribution in [0.5, 0.6) is 0 Å². The quantitative estimate of drug-likeness (QED) is 0.579. The molecule has 4 heteroatoms. The number of rotatable bonds is 1. The summed E-state index contributed by atoms with van der Waals surface area (Å²) >= 11 is 16.6. The average Bonchev–Trinajstić information content (AvgIpc) is 1.64. The van der Waals surface area contributed by atoms with Crippen molar-refractivity contribution in [3.8, 4) is 0 Å². The molecule has 0 unspecified atom stereocenters. The summed E-state index contributed by atoms with van der Waals surface area (Å²) in [5.41, 5.74) is -0.725. The van der Waals surface area contributed by atoms with E-state index in [2.05, 4.69) is 0 Å². The number of hydrogen-bond donors (Lipinski definition) is 0. The van der Waals surface area contributed by atoms with Crippen molar-refractivity contribution in [2.24, 2.45) is 0 Å². The lowest BCUT2D eigenvalue weighted by Crippen LogP contribution is -2.38. The van der Waals surface area contributed by atoms with Crippen molar-refractivity contribution in [1.82, 2.24) is 0 Å². The fraction of sp³-hybridized carbons (Fsp3) is 1.00. The summed E-state index contributed by atoms with van der Waals surface area (Å²) < 4.78 is 3.55. The van der Waals surface area contributed by atoms with Crippen LogP contribution in [0, 0.1) is 0 Å². The lowest BCUT2D eigenvalue weighted by atomic mass is 10.2. The molecule has 0 rings (SSSR count). The number of ether oxygens (including phenoxy) is 1. The minimum Gasteiger partial charge on any atom is -0.374 e. The number of halogens is 3. The van der Waals surface area contributed by atoms with Gasteiger partial charge in [0.2, 0.25) is 3.79 Å². The first-order valence-corrected chi connectivity index (χ1v) is 3.56. The van der Waals surface area contributed by atoms with E-state index in [0.717, 1.165) is 0 Å². The van der Waals surface area contributed by atoms with Crippen LogP contribution in [0.4, 0.5) is 0 Å². The van der Waals surface area contributed by atoms with Crippen LogP contribution in [0.3, 0.4) is 0 Å². The van der Waals surface area contributed by atoms with Gasteiger partial charge in [-0.05, 0) is 13.8 Å². The number of alkyl halides is 3. The highest BCUT2D eigenvalue weighted by molar-refractivity contribution is 6.68. The highest BCUT2D eigenvalue weighted by atomic mass is 35.6. The van der Waals surface area contributed by atoms with Gasteiger partial charge < -0.3 is 4.74 Å². The van der Waals surface area contributed by atoms with Gasteiger partial charge in [-0.2, -0.15) is 0 Å². The van der Waals surface area contributed by atoms with Gasteiger partial charge in [-0.15, -0.1) is 0 Å². The molecule has 1 nitrogen and oxygen atoms in total. The largest absolute Gasteiger partial charge is 0.374 e. The van der Waals surface area contributed by atoms with Crippen molar-refractivity contribution in [3.63, 3.8) is 0 Å². The Hall–Kier alpha value is 0.830. The Kier molecular flexibility index (Phi) is 3.09. The second-order valence-electron chi connectivity index (χ2n) is 2.21. The topological polar surface area (TPSA) is 9.23 Å². The van der Waals surface area contributed by atoms with Gasteiger partial charge in [-0.25, -0.2) is 0 Å². The molecule has 0 aliphatic carbocycles. The van der Waals surface area contributed by atoms with Crippen molar-refractivity contribution in [2.45, 2.75) is 23.2 Å². The minimum atomic E-state index is -1.36. The van der Waals surface area contributed by atoms with Gasteiger partial charge in [0.15, 0.2) is 0 Å². The fourth-order valence-electron chi connectivity index (χ4n) is 0.116. The standard InChI is InChI=1S/C5H9Cl3O/c1-4(2,9-3)5(6,7)8/h1-3H3. The van der Waals surface area contributed by atoms with E-state index in [0.29, 0.717) is 0 Å². The van der Waals surface area contributed by atoms with Crippen molar-refractivity contribution in [2.75, 3.05) is 7.11 Å². The van der Waals surface area contributed by atoms with E-state index < -0.39 is 9.39 Å². The molecule has 0 atom stereocenters. The van der Waals surface area contributed by atoms with Crippen LogP contribution in [0.1, 0.15) is 13.8 Å². The maximum Gasteiger partial charge on any atom is 0.218 e. The van der Waals surface area contributed by atoms with Crippen LogP contribution in [-0.2, 0) is 4.74 Å². The van der Waals surface area contributed by atoms with Gasteiger partial charge in [0.1, 0.15) is 5.60 Å². The Morgan fingerprint density at radius 1 is 1.11 bits per heavy atom. The normalized spacial score (nSPS) is 14.0. The van der Waals surface area contributed by atoms with Crippen molar-refractivity contribution >= 4 is 34.8 Å². The third-order valence-electron chi connectivity index (χ3n) is 1.19. The van der Waals surface area contributed by atoms with Crippen molar-refractivity contribution in [3.05, 3.63) is 0 Å². The molecule has 0 saturated heterocycles. The Morgan fingerprint density at radius 2 is 1.44 bits per heavy atom. The van der Waals surface area contributed by atoms with Crippen LogP contribution in [0.15, 0.2) is 0 Å². The molecule has 0 saturated carbocycles. The van der Waals surface area contributed by atoms with Gasteiger partial charge in [0, 0.05) is 7.11 Å². The molecular weight excluding hydrogens is 182 g/mol. The van der Waals surface area contributed by atoms with E-state index in [4.69, 9.17) is 39.5 Å². The SMILES string of the molecule is COC(C)(C)C(Cl)(Cl)Cl. The summed E-state index contributed by atoms with van der Waals surface area (Å²) in [6.45, 7) is 3.42. The monoisotopic (exact) mass is 190 g/mol. The lowest BCUT2D eigenvalue weighted by Gasteiger charge is -2.30. The van der Waals surface area contributed by atoms with Gasteiger partial charge in [0.05, 0.1) is 0 Å². The van der Waals surface area contributed by atoms with Crippen molar-refractivity contribution < 1.29 is 4.74 Å². The van der Waals surface area contributed by atoms with E-state index >= 15 is 0 Å². The molecule has 0 fully saturated rings. The summed E-state index contributed by atoms with van der Waals surface area (Å²) in [6.07, 6.45) is 0. The molecule has 0 heterocycles. The third kappa shape index (κ3) is 2.50. The lowest BCUT2D eigenvalue weighted by molar-refractivity contribution is 0.0262. The Labute approximate surface area is 70.2 Å². The zero-order valence-corrected chi connectivity index (χ0v) is 7.81. The van der Waals surface area contributed by atoms with Gasteiger partial charge in [0.25, 0.3) is 0 Å². The first kappa shape index (κ1) is 9.83. The van der Waals surface area contributed by atoms with E-state index in [1.54, 1.807) is 13.8 Å². The highest BCUT2D eigenvalue weighted by Gasteiger charge is 2.40. The van der Waals surface area contributed by atoms with Crippen LogP contribution in [0.2, 0.25) is 0 Å². The highest BCUT2D eigenvalue weighted by Crippen LogP contribution is 2.39. The molecule has 0 aromatic rings. The van der Waals surface area contributed by atoms with Crippen LogP contribution in [0.25, 0.3) is 0 Å². The first-order chi connectivity index (χ1) is 3.81. The van der Waals surface area contributed by atoms with Crippen molar-refractivity contribution in [1.29, 1.82) is 0 Å². The zero-order chi connectivity index (χ0) is 7.71. The van der Waals surface area contributed by atoms with E-state index in [-0.39, 0.29) is 0 Å². The summed E-state index contributed by atoms with van der Waals surface area (Å²) in [5.74, 6) is 0. The van der Waals surface area contributed by atoms with E-state index in [9.17, 15) is 0 Å². The predicted molar refractivity (Wildman–Crippen MR) is 41.4 cm³/mol. The van der Waals surface area contributed by atoms with E-state index in [1.807, 2.05) is 0 Å². The molecule has 0 aromatic carbocycles. The third-order valence-corrected chi connectivity index (χ3v) is 2.56. The zero-order valence-electron chi connectivity index (χ0n) is 5.54. The van der Waals surface area contributed by atoms with Crippen LogP contribution < -0.4 is 0 Å². The minimum absolute atomic E-state index is 0.725. The summed E-state index contributed by atoms with van der Waals surface area (Å²) in [6, 6.07) is 0. The summed E-state index contributed by atoms with van der Waals surface area (Å²) in [4.78, 5) is 0. The van der Waals surface area contributed by atoms with Crippen LogP contribution in [-0.4, -0.2) is 16.5 Å². The molecule has 0 radical (unpaired) electrons. The Balaban J connectivity index is 4.14. The molecule has 56 valence electrons. The van der Waals surface area contributed by atoms with Crippen LogP contribution >= 0.6 is 34.8 Å². The Bertz CT molecular complexity index is 94.9.